The van der Waals surface area contributed by atoms with E-state index in [1.807, 2.05) is 0 Å². The number of hydrogen-bond acceptors (Lipinski definition) is 6. The summed E-state index contributed by atoms with van der Waals surface area (Å²) in [5.74, 6) is 0.528. The summed E-state index contributed by atoms with van der Waals surface area (Å²) in [4.78, 5) is 12.3. The van der Waals surface area contributed by atoms with E-state index in [9.17, 15) is 0 Å². The van der Waals surface area contributed by atoms with Crippen molar-refractivity contribution in [2.75, 3.05) is 19.5 Å². The van der Waals surface area contributed by atoms with Crippen LogP contribution in [0.4, 0.5) is 5.95 Å². The minimum absolute atomic E-state index is 0.340. The number of thioether (sulfide) groups is 1. The van der Waals surface area contributed by atoms with Crippen LogP contribution in [0.15, 0.2) is 5.16 Å². The first-order valence-corrected chi connectivity index (χ1v) is 5.18. The number of ether oxygens (including phenoxy) is 1. The second-order valence-electron chi connectivity index (χ2n) is 2.84. The average molecular weight is 214 g/mol. The van der Waals surface area contributed by atoms with Crippen molar-refractivity contribution in [1.29, 1.82) is 0 Å². The number of rotatable bonds is 4. The fourth-order valence-corrected chi connectivity index (χ4v) is 1.50. The molecule has 0 fully saturated rings. The van der Waals surface area contributed by atoms with Gasteiger partial charge in [0.2, 0.25) is 5.95 Å². The van der Waals surface area contributed by atoms with E-state index in [0.29, 0.717) is 22.4 Å². The molecule has 5 nitrogen and oxygen atoms in total. The van der Waals surface area contributed by atoms with Gasteiger partial charge in [-0.2, -0.15) is 15.0 Å². The van der Waals surface area contributed by atoms with Crippen LogP contribution >= 0.6 is 11.8 Å². The van der Waals surface area contributed by atoms with E-state index in [4.69, 9.17) is 4.74 Å². The fraction of sp³-hybridized carbons (Fsp3) is 0.625. The number of hydrogen-bond donors (Lipinski definition) is 1. The van der Waals surface area contributed by atoms with Gasteiger partial charge in [-0.15, -0.1) is 0 Å². The fourth-order valence-electron chi connectivity index (χ4n) is 0.805. The highest BCUT2D eigenvalue weighted by molar-refractivity contribution is 7.99. The van der Waals surface area contributed by atoms with Gasteiger partial charge in [-0.25, -0.2) is 0 Å². The van der Waals surface area contributed by atoms with Crippen molar-refractivity contribution < 1.29 is 4.74 Å². The molecule has 0 saturated carbocycles. The van der Waals surface area contributed by atoms with Gasteiger partial charge in [0.1, 0.15) is 0 Å². The molecule has 1 aromatic rings. The van der Waals surface area contributed by atoms with Crippen LogP contribution in [0.3, 0.4) is 0 Å². The van der Waals surface area contributed by atoms with E-state index in [1.54, 1.807) is 25.9 Å². The third kappa shape index (κ3) is 3.02. The highest BCUT2D eigenvalue weighted by atomic mass is 32.2. The Balaban J connectivity index is 2.92. The molecular weight excluding hydrogens is 200 g/mol. The van der Waals surface area contributed by atoms with Gasteiger partial charge >= 0.3 is 6.01 Å². The number of aromatic nitrogens is 3. The Hall–Kier alpha value is -1.04. The monoisotopic (exact) mass is 214 g/mol. The summed E-state index contributed by atoms with van der Waals surface area (Å²) in [7, 11) is 3.30. The highest BCUT2D eigenvalue weighted by Crippen LogP contribution is 2.21. The molecule has 1 rings (SSSR count). The Labute approximate surface area is 87.7 Å². The molecule has 78 valence electrons. The van der Waals surface area contributed by atoms with Gasteiger partial charge in [0.05, 0.1) is 7.11 Å². The second-order valence-corrected chi connectivity index (χ2v) is 4.39. The van der Waals surface area contributed by atoms with Crippen LogP contribution in [0.5, 0.6) is 6.01 Å². The molecule has 0 aliphatic rings. The molecule has 6 heteroatoms. The van der Waals surface area contributed by atoms with Crippen molar-refractivity contribution in [1.82, 2.24) is 15.0 Å². The Morgan fingerprint density at radius 3 is 2.50 bits per heavy atom. The van der Waals surface area contributed by atoms with Crippen molar-refractivity contribution in [3.63, 3.8) is 0 Å². The smallest absolute Gasteiger partial charge is 0.321 e. The molecule has 1 heterocycles. The van der Waals surface area contributed by atoms with E-state index < -0.39 is 0 Å². The first-order valence-electron chi connectivity index (χ1n) is 4.30. The van der Waals surface area contributed by atoms with Crippen LogP contribution in [0.2, 0.25) is 0 Å². The zero-order valence-corrected chi connectivity index (χ0v) is 9.55. The molecule has 0 saturated heterocycles. The Bertz CT molecular complexity index is 283. The van der Waals surface area contributed by atoms with Gasteiger partial charge in [0, 0.05) is 12.3 Å². The molecule has 0 aromatic carbocycles. The van der Waals surface area contributed by atoms with E-state index >= 15 is 0 Å². The summed E-state index contributed by atoms with van der Waals surface area (Å²) in [5, 5.41) is 3.97. The maximum atomic E-state index is 4.96. The Kier molecular flexibility index (Phi) is 3.94. The maximum absolute atomic E-state index is 4.96. The molecule has 0 spiro atoms. The van der Waals surface area contributed by atoms with Crippen LogP contribution in [0, 0.1) is 0 Å². The van der Waals surface area contributed by atoms with Crippen LogP contribution in [0.1, 0.15) is 13.8 Å². The lowest BCUT2D eigenvalue weighted by atomic mass is 10.6. The van der Waals surface area contributed by atoms with Crippen LogP contribution in [-0.4, -0.2) is 34.4 Å². The summed E-state index contributed by atoms with van der Waals surface area (Å²) in [6.07, 6.45) is 0. The van der Waals surface area contributed by atoms with Crippen LogP contribution in [0.25, 0.3) is 0 Å². The first-order chi connectivity index (χ1) is 6.65. The Morgan fingerprint density at radius 1 is 1.29 bits per heavy atom. The van der Waals surface area contributed by atoms with Crippen molar-refractivity contribution >= 4 is 17.7 Å². The lowest BCUT2D eigenvalue weighted by Gasteiger charge is -2.06. The quantitative estimate of drug-likeness (QED) is 0.765. The average Bonchev–Trinajstić information content (AvgIpc) is 2.16. The SMILES string of the molecule is CNc1nc(OC)nc(SC(C)C)n1. The third-order valence-corrected chi connectivity index (χ3v) is 2.21. The summed E-state index contributed by atoms with van der Waals surface area (Å²) >= 11 is 1.58. The highest BCUT2D eigenvalue weighted by Gasteiger charge is 2.07. The minimum atomic E-state index is 0.340. The van der Waals surface area contributed by atoms with Crippen molar-refractivity contribution in [3.8, 4) is 6.01 Å². The van der Waals surface area contributed by atoms with Crippen LogP contribution in [-0.2, 0) is 0 Å². The van der Waals surface area contributed by atoms with Crippen molar-refractivity contribution in [2.45, 2.75) is 24.3 Å². The number of nitrogens with zero attached hydrogens (tertiary/aromatic N) is 3. The van der Waals surface area contributed by atoms with Gasteiger partial charge in [-0.1, -0.05) is 25.6 Å². The van der Waals surface area contributed by atoms with Crippen LogP contribution < -0.4 is 10.1 Å². The zero-order chi connectivity index (χ0) is 10.6. The molecule has 0 aliphatic carbocycles. The topological polar surface area (TPSA) is 59.9 Å². The molecule has 0 atom stereocenters. The lowest BCUT2D eigenvalue weighted by Crippen LogP contribution is -2.03. The second kappa shape index (κ2) is 4.99. The van der Waals surface area contributed by atoms with E-state index in [-0.39, 0.29) is 0 Å². The Morgan fingerprint density at radius 2 is 2.00 bits per heavy atom. The van der Waals surface area contributed by atoms with E-state index in [2.05, 4.69) is 34.1 Å². The number of anilines is 1. The predicted molar refractivity (Wildman–Crippen MR) is 56.9 cm³/mol. The third-order valence-electron chi connectivity index (χ3n) is 1.34. The standard InChI is InChI=1S/C8H14N4OS/c1-5(2)14-8-11-6(9-3)10-7(12-8)13-4/h5H,1-4H3,(H,9,10,11,12). The minimum Gasteiger partial charge on any atom is -0.467 e. The summed E-state index contributed by atoms with van der Waals surface area (Å²) in [6, 6.07) is 0.340. The van der Waals surface area contributed by atoms with Gasteiger partial charge in [0.15, 0.2) is 5.16 Å². The van der Waals surface area contributed by atoms with Gasteiger partial charge in [-0.05, 0) is 0 Å². The largest absolute Gasteiger partial charge is 0.467 e. The first kappa shape index (κ1) is 11.0. The van der Waals surface area contributed by atoms with Crippen molar-refractivity contribution in [3.05, 3.63) is 0 Å². The van der Waals surface area contributed by atoms with E-state index in [0.717, 1.165) is 0 Å². The molecular formula is C8H14N4OS. The normalized spacial score (nSPS) is 10.4. The zero-order valence-electron chi connectivity index (χ0n) is 8.74. The molecule has 0 amide bonds. The van der Waals surface area contributed by atoms with Crippen molar-refractivity contribution in [2.24, 2.45) is 0 Å². The molecule has 0 bridgehead atoms. The number of nitrogens with one attached hydrogen (secondary N) is 1. The molecule has 0 unspecified atom stereocenters. The summed E-state index contributed by atoms with van der Waals surface area (Å²) < 4.78 is 4.96. The molecule has 0 radical (unpaired) electrons. The molecule has 14 heavy (non-hydrogen) atoms. The van der Waals surface area contributed by atoms with Gasteiger partial charge in [0.25, 0.3) is 0 Å². The molecule has 1 N–H and O–H groups in total. The molecule has 0 aliphatic heterocycles. The lowest BCUT2D eigenvalue weighted by molar-refractivity contribution is 0.374. The molecule has 1 aromatic heterocycles. The van der Waals surface area contributed by atoms with E-state index in [1.165, 1.54) is 0 Å². The summed E-state index contributed by atoms with van der Waals surface area (Å²) in [5.41, 5.74) is 0. The number of methoxy groups -OCH3 is 1. The predicted octanol–water partition coefficient (Wildman–Crippen LogP) is 1.42. The van der Waals surface area contributed by atoms with Gasteiger partial charge < -0.3 is 10.1 Å². The maximum Gasteiger partial charge on any atom is 0.321 e. The summed E-state index contributed by atoms with van der Waals surface area (Å²) in [6.45, 7) is 4.17. The van der Waals surface area contributed by atoms with Gasteiger partial charge in [-0.3, -0.25) is 0 Å².